The van der Waals surface area contributed by atoms with Gasteiger partial charge in [0.2, 0.25) is 33.0 Å². The highest BCUT2D eigenvalue weighted by Crippen LogP contribution is 2.50. The van der Waals surface area contributed by atoms with E-state index in [2.05, 4.69) is 79.7 Å². The van der Waals surface area contributed by atoms with Crippen LogP contribution in [0, 0.1) is 0 Å². The fraction of sp³-hybridized carbons (Fsp3) is 0. The maximum atomic E-state index is 12.6. The number of fused-ring (bicyclic) bond motifs is 1. The Morgan fingerprint density at radius 1 is 0.613 bits per heavy atom. The summed E-state index contributed by atoms with van der Waals surface area (Å²) in [5.74, 6) is -1.46. The Balaban J connectivity index is 1.46. The van der Waals surface area contributed by atoms with E-state index in [-0.39, 0.29) is 76.3 Å². The maximum Gasteiger partial charge on any atom is 0.296 e. The summed E-state index contributed by atoms with van der Waals surface area (Å²) >= 11 is 24.2. The first kappa shape index (κ1) is 46.5. The first-order valence-corrected chi connectivity index (χ1v) is 21.4. The predicted octanol–water partition coefficient (Wildman–Crippen LogP) is 8.78. The third-order valence-corrected chi connectivity index (χ3v) is 11.0. The minimum atomic E-state index is -5.21. The normalized spacial score (nSPS) is 12.2. The number of hydrogen-bond acceptors (Lipinski definition) is 26. The number of halogens is 4. The third-order valence-electron chi connectivity index (χ3n) is 7.29. The lowest BCUT2D eigenvalue weighted by Gasteiger charge is -2.14. The van der Waals surface area contributed by atoms with Crippen LogP contribution in [0.2, 0.25) is 21.1 Å². The molecule has 324 valence electrons. The molecule has 0 bridgehead atoms. The van der Waals surface area contributed by atoms with Crippen LogP contribution in [0.25, 0.3) is 10.8 Å². The van der Waals surface area contributed by atoms with E-state index in [1.807, 2.05) is 0 Å². The molecule has 2 heterocycles. The van der Waals surface area contributed by atoms with Crippen LogP contribution in [-0.2, 0) is 39.0 Å². The third kappa shape index (κ3) is 11.3. The molecule has 9 N–H and O–H groups in total. The summed E-state index contributed by atoms with van der Waals surface area (Å²) in [5, 5.41) is 56.1. The van der Waals surface area contributed by atoms with E-state index in [0.717, 1.165) is 30.3 Å². The average Bonchev–Trinajstić information content (AvgIpc) is 3.17. The van der Waals surface area contributed by atoms with Crippen LogP contribution >= 0.6 is 70.5 Å². The zero-order chi connectivity index (χ0) is 44.9. The number of anilines is 5. The Hall–Kier alpha value is -5.00. The number of azo groups is 2. The standard InChI is InChI=1S/C28H17Cl4N13O13S4/c29-23-36-24(30)39-27(38-23)34-12-7-10(1-3-14(12)59-57-55-47)42-44-20-15(60-58-56-48)5-9-6-17(62(52,53)54)21(22(46)18(9)19(20)33)45-43-11-2-4-16(61(49,50)51)13(8-11)35-28-40-25(31)37-26(32)41-28/h1-8,46-48H,33H2,(H,49,50,51)(H,52,53,54)(H,34,36,38,39)(H,35,37,40,41)/b44-42+,45-43+. The Bertz CT molecular complexity index is 2980. The van der Waals surface area contributed by atoms with Gasteiger partial charge < -0.3 is 21.5 Å². The van der Waals surface area contributed by atoms with Gasteiger partial charge in [-0.25, -0.2) is 10.5 Å². The monoisotopic (exact) mass is 1010 g/mol. The second-order valence-electron chi connectivity index (χ2n) is 11.1. The van der Waals surface area contributed by atoms with Gasteiger partial charge in [0.25, 0.3) is 20.2 Å². The number of nitrogen functional groups attached to an aromatic ring is 1. The number of aromatic nitrogens is 6. The van der Waals surface area contributed by atoms with Gasteiger partial charge in [-0.05, 0) is 100 Å². The van der Waals surface area contributed by atoms with Crippen LogP contribution < -0.4 is 16.4 Å². The summed E-state index contributed by atoms with van der Waals surface area (Å²) in [6, 6.07) is 9.15. The van der Waals surface area contributed by atoms with Crippen LogP contribution in [-0.4, -0.2) is 71.5 Å². The van der Waals surface area contributed by atoms with Gasteiger partial charge >= 0.3 is 0 Å². The smallest absolute Gasteiger partial charge is 0.296 e. The first-order chi connectivity index (χ1) is 29.3. The average molecular weight is 1010 g/mol. The van der Waals surface area contributed by atoms with Gasteiger partial charge in [0.05, 0.1) is 67.7 Å². The summed E-state index contributed by atoms with van der Waals surface area (Å²) in [6.45, 7) is 0. The molecule has 34 heteroatoms. The number of rotatable bonds is 16. The maximum absolute atomic E-state index is 12.6. The molecule has 0 fully saturated rings. The number of hydrogen-bond donors (Lipinski definition) is 8. The van der Waals surface area contributed by atoms with Crippen molar-refractivity contribution in [3.05, 3.63) is 69.7 Å². The molecule has 0 unspecified atom stereocenters. The van der Waals surface area contributed by atoms with Crippen molar-refractivity contribution in [1.82, 2.24) is 29.9 Å². The highest BCUT2D eigenvalue weighted by molar-refractivity contribution is 7.95. The summed E-state index contributed by atoms with van der Waals surface area (Å²) in [4.78, 5) is 21.1. The van der Waals surface area contributed by atoms with E-state index in [9.17, 15) is 31.0 Å². The zero-order valence-corrected chi connectivity index (χ0v) is 35.6. The van der Waals surface area contributed by atoms with Crippen LogP contribution in [0.5, 0.6) is 5.75 Å². The van der Waals surface area contributed by atoms with Gasteiger partial charge in [-0.15, -0.1) is 18.9 Å². The lowest BCUT2D eigenvalue weighted by molar-refractivity contribution is -0.432. The van der Waals surface area contributed by atoms with Crippen molar-refractivity contribution in [3.63, 3.8) is 0 Å². The summed E-state index contributed by atoms with van der Waals surface area (Å²) in [7, 11) is -10.1. The van der Waals surface area contributed by atoms with E-state index in [1.165, 1.54) is 18.2 Å². The van der Waals surface area contributed by atoms with Crippen LogP contribution in [0.4, 0.5) is 51.7 Å². The van der Waals surface area contributed by atoms with E-state index >= 15 is 0 Å². The molecule has 62 heavy (non-hydrogen) atoms. The summed E-state index contributed by atoms with van der Waals surface area (Å²) in [6.07, 6.45) is 0. The van der Waals surface area contributed by atoms with Crippen molar-refractivity contribution in [2.75, 3.05) is 16.4 Å². The molecule has 0 saturated heterocycles. The Labute approximate surface area is 373 Å². The number of phenols is 1. The first-order valence-electron chi connectivity index (χ1n) is 15.5. The minimum absolute atomic E-state index is 0.0822. The fourth-order valence-electron chi connectivity index (χ4n) is 4.95. The van der Waals surface area contributed by atoms with Crippen molar-refractivity contribution in [3.8, 4) is 5.75 Å². The van der Waals surface area contributed by atoms with Crippen molar-refractivity contribution in [2.24, 2.45) is 20.5 Å². The second kappa shape index (κ2) is 19.6. The molecule has 0 saturated carbocycles. The highest BCUT2D eigenvalue weighted by atomic mass is 35.5. The molecule has 0 amide bonds. The molecule has 6 aromatic rings. The summed E-state index contributed by atoms with van der Waals surface area (Å²) < 4.78 is 78.7. The molecular weight excluding hydrogens is 996 g/mol. The van der Waals surface area contributed by atoms with Crippen molar-refractivity contribution < 1.29 is 60.3 Å². The lowest BCUT2D eigenvalue weighted by atomic mass is 10.1. The van der Waals surface area contributed by atoms with Gasteiger partial charge in [0, 0.05) is 0 Å². The van der Waals surface area contributed by atoms with Gasteiger partial charge in [-0.1, -0.05) is 10.1 Å². The predicted molar refractivity (Wildman–Crippen MR) is 218 cm³/mol. The van der Waals surface area contributed by atoms with E-state index in [4.69, 9.17) is 62.7 Å². The minimum Gasteiger partial charge on any atom is -0.505 e. The number of benzene rings is 4. The Morgan fingerprint density at radius 2 is 1.10 bits per heavy atom. The summed E-state index contributed by atoms with van der Waals surface area (Å²) in [5.41, 5.74) is 4.56. The molecule has 0 spiro atoms. The van der Waals surface area contributed by atoms with Gasteiger partial charge in [0.15, 0.2) is 5.75 Å². The molecule has 0 atom stereocenters. The van der Waals surface area contributed by atoms with Crippen molar-refractivity contribution in [1.29, 1.82) is 0 Å². The van der Waals surface area contributed by atoms with Crippen molar-refractivity contribution in [2.45, 2.75) is 19.6 Å². The number of nitrogens with one attached hydrogen (secondary N) is 2. The number of nitrogens with two attached hydrogens (primary N) is 1. The quantitative estimate of drug-likeness (QED) is 0.0112. The van der Waals surface area contributed by atoms with E-state index in [1.54, 1.807) is 0 Å². The molecule has 0 radical (unpaired) electrons. The van der Waals surface area contributed by atoms with Crippen LogP contribution in [0.3, 0.4) is 0 Å². The molecule has 2 aromatic heterocycles. The van der Waals surface area contributed by atoms with Crippen molar-refractivity contribution >= 4 is 153 Å². The second-order valence-corrected chi connectivity index (χ2v) is 16.7. The van der Waals surface area contributed by atoms with Gasteiger partial charge in [0.1, 0.15) is 21.2 Å². The Kier molecular flexibility index (Phi) is 14.7. The molecule has 4 aromatic carbocycles. The van der Waals surface area contributed by atoms with Gasteiger partial charge in [-0.2, -0.15) is 57.0 Å². The molecular formula is C28H17Cl4N13O13S4. The van der Waals surface area contributed by atoms with Crippen LogP contribution in [0.15, 0.2) is 88.6 Å². The van der Waals surface area contributed by atoms with E-state index in [0.29, 0.717) is 24.1 Å². The van der Waals surface area contributed by atoms with Gasteiger partial charge in [-0.3, -0.25) is 9.11 Å². The number of phenolic OH excluding ortho intramolecular Hbond substituents is 1. The molecule has 6 rings (SSSR count). The largest absolute Gasteiger partial charge is 0.505 e. The topological polar surface area (TPSA) is 383 Å². The molecule has 0 aliphatic carbocycles. The molecule has 0 aliphatic rings. The highest BCUT2D eigenvalue weighted by Gasteiger charge is 2.26. The zero-order valence-electron chi connectivity index (χ0n) is 29.3. The van der Waals surface area contributed by atoms with E-state index < -0.39 is 52.8 Å². The molecule has 0 aliphatic heterocycles. The SMILES string of the molecule is Nc1c(/N=N/c2ccc(SOOO)c(Nc3nc(Cl)nc(Cl)n3)c2)c(SOOO)cc2cc(S(=O)(=O)O)c(/N=N/c3ccc(S(=O)(=O)O)c(Nc4nc(Cl)nc(Cl)n4)c3)c(O)c12. The molecule has 26 nitrogen and oxygen atoms in total. The number of nitrogens with zero attached hydrogens (tertiary/aromatic N) is 10. The number of aromatic hydroxyl groups is 1. The van der Waals surface area contributed by atoms with Crippen LogP contribution in [0.1, 0.15) is 0 Å². The fourth-order valence-corrected chi connectivity index (χ4v) is 7.90. The Morgan fingerprint density at radius 3 is 1.63 bits per heavy atom. The lowest BCUT2D eigenvalue weighted by Crippen LogP contribution is -2.05.